The maximum Gasteiger partial charge on any atom is 0.308 e. The van der Waals surface area contributed by atoms with Crippen LogP contribution in [0.25, 0.3) is 0 Å². The Morgan fingerprint density at radius 3 is 2.10 bits per heavy atom. The van der Waals surface area contributed by atoms with Gasteiger partial charge in [-0.3, -0.25) is 14.4 Å². The van der Waals surface area contributed by atoms with E-state index in [2.05, 4.69) is 0 Å². The van der Waals surface area contributed by atoms with E-state index in [9.17, 15) is 14.4 Å². The molecule has 2 saturated heterocycles. The van der Waals surface area contributed by atoms with Crippen LogP contribution in [-0.4, -0.2) is 58.9 Å². The maximum absolute atomic E-state index is 12.5. The van der Waals surface area contributed by atoms with Gasteiger partial charge in [0.1, 0.15) is 0 Å². The van der Waals surface area contributed by atoms with E-state index in [1.807, 2.05) is 0 Å². The minimum atomic E-state index is -0.823. The lowest BCUT2D eigenvalue weighted by molar-refractivity contribution is -0.147. The number of carbonyl (C=O) groups is 3. The fraction of sp³-hybridized carbons (Fsp3) is 0.786. The van der Waals surface area contributed by atoms with Crippen LogP contribution in [0.5, 0.6) is 0 Å². The number of hydrogen-bond acceptors (Lipinski definition) is 3. The zero-order valence-corrected chi connectivity index (χ0v) is 11.9. The molecule has 2 aliphatic rings. The Morgan fingerprint density at radius 1 is 0.950 bits per heavy atom. The minimum absolute atomic E-state index is 0.00422. The van der Waals surface area contributed by atoms with E-state index in [0.29, 0.717) is 26.1 Å². The van der Waals surface area contributed by atoms with Gasteiger partial charge in [-0.05, 0) is 25.7 Å². The Bertz CT molecular complexity index is 374. The summed E-state index contributed by atoms with van der Waals surface area (Å²) in [5, 5.41) is 9.07. The highest BCUT2D eigenvalue weighted by atomic mass is 16.4. The van der Waals surface area contributed by atoms with Crippen LogP contribution in [0.1, 0.15) is 32.6 Å². The van der Waals surface area contributed by atoms with Crippen molar-refractivity contribution in [1.82, 2.24) is 9.80 Å². The second kappa shape index (κ2) is 6.24. The first-order valence-electron chi connectivity index (χ1n) is 7.26. The van der Waals surface area contributed by atoms with E-state index >= 15 is 0 Å². The topological polar surface area (TPSA) is 77.9 Å². The summed E-state index contributed by atoms with van der Waals surface area (Å²) in [6, 6.07) is 0. The quantitative estimate of drug-likeness (QED) is 0.803. The average molecular weight is 282 g/mol. The molecule has 0 spiro atoms. The van der Waals surface area contributed by atoms with Crippen molar-refractivity contribution in [2.45, 2.75) is 32.6 Å². The number of aliphatic carboxylic acids is 1. The molecule has 0 radical (unpaired) electrons. The molecule has 6 heteroatoms. The van der Waals surface area contributed by atoms with E-state index in [1.54, 1.807) is 9.80 Å². The molecular formula is C14H22N2O4. The van der Waals surface area contributed by atoms with Crippen molar-refractivity contribution in [3.05, 3.63) is 0 Å². The highest BCUT2D eigenvalue weighted by molar-refractivity contribution is 5.81. The number of carbonyl (C=O) groups excluding carboxylic acids is 2. The van der Waals surface area contributed by atoms with Crippen molar-refractivity contribution in [3.8, 4) is 0 Å². The molecule has 2 atom stereocenters. The van der Waals surface area contributed by atoms with Crippen LogP contribution in [0.4, 0.5) is 0 Å². The molecule has 0 aromatic rings. The molecule has 6 nitrogen and oxygen atoms in total. The van der Waals surface area contributed by atoms with Crippen LogP contribution < -0.4 is 0 Å². The zero-order valence-electron chi connectivity index (χ0n) is 11.9. The van der Waals surface area contributed by atoms with E-state index in [4.69, 9.17) is 5.11 Å². The van der Waals surface area contributed by atoms with Crippen molar-refractivity contribution in [1.29, 1.82) is 0 Å². The van der Waals surface area contributed by atoms with E-state index in [-0.39, 0.29) is 17.7 Å². The third-order valence-electron chi connectivity index (χ3n) is 4.30. The van der Waals surface area contributed by atoms with Gasteiger partial charge in [0.25, 0.3) is 0 Å². The molecule has 0 unspecified atom stereocenters. The predicted molar refractivity (Wildman–Crippen MR) is 71.9 cm³/mol. The Kier molecular flexibility index (Phi) is 4.62. The van der Waals surface area contributed by atoms with Crippen molar-refractivity contribution in [3.63, 3.8) is 0 Å². The first kappa shape index (κ1) is 14.8. The van der Waals surface area contributed by atoms with Gasteiger partial charge in [-0.2, -0.15) is 0 Å². The van der Waals surface area contributed by atoms with Crippen molar-refractivity contribution in [2.24, 2.45) is 11.8 Å². The predicted octanol–water partition coefficient (Wildman–Crippen LogP) is 0.568. The Hall–Kier alpha value is -1.59. The van der Waals surface area contributed by atoms with E-state index in [0.717, 1.165) is 25.8 Å². The van der Waals surface area contributed by atoms with Gasteiger partial charge in [-0.25, -0.2) is 0 Å². The normalized spacial score (nSPS) is 27.2. The summed E-state index contributed by atoms with van der Waals surface area (Å²) in [6.45, 7) is 3.66. The van der Waals surface area contributed by atoms with Crippen LogP contribution in [0.2, 0.25) is 0 Å². The third-order valence-corrected chi connectivity index (χ3v) is 4.30. The number of amides is 2. The molecule has 2 aliphatic heterocycles. The molecule has 2 fully saturated rings. The number of carboxylic acids is 1. The summed E-state index contributed by atoms with van der Waals surface area (Å²) < 4.78 is 0. The number of carboxylic acid groups (broad SMARTS) is 1. The number of piperidine rings is 2. The Labute approximate surface area is 118 Å². The summed E-state index contributed by atoms with van der Waals surface area (Å²) in [7, 11) is 0. The summed E-state index contributed by atoms with van der Waals surface area (Å²) in [5.74, 6) is -1.41. The fourth-order valence-electron chi connectivity index (χ4n) is 3.10. The van der Waals surface area contributed by atoms with Gasteiger partial charge < -0.3 is 14.9 Å². The van der Waals surface area contributed by atoms with Gasteiger partial charge in [0.15, 0.2) is 0 Å². The molecule has 0 bridgehead atoms. The zero-order chi connectivity index (χ0) is 14.7. The lowest BCUT2D eigenvalue weighted by atomic mass is 9.93. The fourth-order valence-corrected chi connectivity index (χ4v) is 3.10. The molecule has 2 heterocycles. The number of hydrogen-bond donors (Lipinski definition) is 1. The van der Waals surface area contributed by atoms with Gasteiger partial charge in [-0.1, -0.05) is 0 Å². The summed E-state index contributed by atoms with van der Waals surface area (Å²) in [6.07, 6.45) is 3.01. The van der Waals surface area contributed by atoms with Crippen LogP contribution in [0.15, 0.2) is 0 Å². The Morgan fingerprint density at radius 2 is 1.50 bits per heavy atom. The summed E-state index contributed by atoms with van der Waals surface area (Å²) >= 11 is 0. The first-order chi connectivity index (χ1) is 9.49. The molecule has 20 heavy (non-hydrogen) atoms. The van der Waals surface area contributed by atoms with Crippen molar-refractivity contribution < 1.29 is 19.5 Å². The monoisotopic (exact) mass is 282 g/mol. The maximum atomic E-state index is 12.5. The second-order valence-electron chi connectivity index (χ2n) is 5.77. The SMILES string of the molecule is CC(=O)N1CCC[C@H](C(=O)N2CCC[C@@H](C(=O)O)C2)C1. The van der Waals surface area contributed by atoms with Gasteiger partial charge in [0.2, 0.25) is 11.8 Å². The number of likely N-dealkylation sites (tertiary alicyclic amines) is 2. The highest BCUT2D eigenvalue weighted by Gasteiger charge is 2.34. The second-order valence-corrected chi connectivity index (χ2v) is 5.77. The highest BCUT2D eigenvalue weighted by Crippen LogP contribution is 2.23. The average Bonchev–Trinajstić information content (AvgIpc) is 2.46. The standard InChI is InChI=1S/C14H22N2O4/c1-10(17)15-6-2-4-11(8-15)13(18)16-7-3-5-12(9-16)14(19)20/h11-12H,2-9H2,1H3,(H,19,20)/t11-,12+/m0/s1. The van der Waals surface area contributed by atoms with E-state index in [1.165, 1.54) is 6.92 Å². The smallest absolute Gasteiger partial charge is 0.308 e. The summed E-state index contributed by atoms with van der Waals surface area (Å²) in [5.41, 5.74) is 0. The molecule has 0 aliphatic carbocycles. The molecule has 0 aromatic carbocycles. The van der Waals surface area contributed by atoms with Crippen LogP contribution in [0, 0.1) is 11.8 Å². The van der Waals surface area contributed by atoms with Crippen LogP contribution in [0.3, 0.4) is 0 Å². The van der Waals surface area contributed by atoms with Crippen LogP contribution >= 0.6 is 0 Å². The minimum Gasteiger partial charge on any atom is -0.481 e. The Balaban J connectivity index is 1.96. The molecule has 2 rings (SSSR count). The molecular weight excluding hydrogens is 260 g/mol. The lowest BCUT2D eigenvalue weighted by Crippen LogP contribution is -2.49. The summed E-state index contributed by atoms with van der Waals surface area (Å²) in [4.78, 5) is 38.3. The molecule has 1 N–H and O–H groups in total. The van der Waals surface area contributed by atoms with E-state index < -0.39 is 11.9 Å². The lowest BCUT2D eigenvalue weighted by Gasteiger charge is -2.37. The van der Waals surface area contributed by atoms with Gasteiger partial charge in [0, 0.05) is 33.1 Å². The first-order valence-corrected chi connectivity index (χ1v) is 7.26. The third kappa shape index (κ3) is 3.29. The van der Waals surface area contributed by atoms with Crippen molar-refractivity contribution >= 4 is 17.8 Å². The molecule has 112 valence electrons. The van der Waals surface area contributed by atoms with Crippen LogP contribution in [-0.2, 0) is 14.4 Å². The molecule has 2 amide bonds. The van der Waals surface area contributed by atoms with Gasteiger partial charge in [0.05, 0.1) is 11.8 Å². The van der Waals surface area contributed by atoms with Gasteiger partial charge in [-0.15, -0.1) is 0 Å². The molecule has 0 saturated carbocycles. The van der Waals surface area contributed by atoms with Gasteiger partial charge >= 0.3 is 5.97 Å². The number of nitrogens with zero attached hydrogens (tertiary/aromatic N) is 2. The largest absolute Gasteiger partial charge is 0.481 e. The number of rotatable bonds is 2. The van der Waals surface area contributed by atoms with Crippen molar-refractivity contribution in [2.75, 3.05) is 26.2 Å². The molecule has 0 aromatic heterocycles.